The van der Waals surface area contributed by atoms with E-state index in [1.807, 2.05) is 41.9 Å². The van der Waals surface area contributed by atoms with Gasteiger partial charge in [-0.25, -0.2) is 0 Å². The number of benzene rings is 1. The van der Waals surface area contributed by atoms with Gasteiger partial charge in [-0.3, -0.25) is 4.90 Å². The summed E-state index contributed by atoms with van der Waals surface area (Å²) in [5.41, 5.74) is 0.988. The topological polar surface area (TPSA) is 70.3 Å². The molecule has 1 aliphatic heterocycles. The summed E-state index contributed by atoms with van der Waals surface area (Å²) >= 11 is 0. The Morgan fingerprint density at radius 1 is 1.24 bits per heavy atom. The van der Waals surface area contributed by atoms with Crippen molar-refractivity contribution in [3.63, 3.8) is 0 Å². The third-order valence-corrected chi connectivity index (χ3v) is 4.75. The van der Waals surface area contributed by atoms with Gasteiger partial charge >= 0.3 is 0 Å². The number of hydrogen-bond donors (Lipinski definition) is 1. The molecule has 1 N–H and O–H groups in total. The molecule has 0 saturated carbocycles. The highest BCUT2D eigenvalue weighted by molar-refractivity contribution is 5.30. The fourth-order valence-corrected chi connectivity index (χ4v) is 3.55. The Hall–Kier alpha value is -1.83. The van der Waals surface area contributed by atoms with E-state index in [4.69, 9.17) is 0 Å². The molecule has 25 heavy (non-hydrogen) atoms. The van der Waals surface area contributed by atoms with Crippen LogP contribution in [0.5, 0.6) is 0 Å². The Kier molecular flexibility index (Phi) is 6.12. The highest BCUT2D eigenvalue weighted by atomic mass is 16.3. The zero-order valence-electron chi connectivity index (χ0n) is 15.1. The maximum atomic E-state index is 9.51. The van der Waals surface area contributed by atoms with Crippen molar-refractivity contribution in [2.24, 2.45) is 5.92 Å². The fraction of sp³-hybridized carbons (Fsp3) is 0.611. The number of para-hydroxylation sites is 1. The maximum absolute atomic E-state index is 9.51. The fourth-order valence-electron chi connectivity index (χ4n) is 3.55. The van der Waals surface area contributed by atoms with Crippen LogP contribution in [0.2, 0.25) is 0 Å². The van der Waals surface area contributed by atoms with E-state index in [1.54, 1.807) is 0 Å². The molecule has 2 aromatic rings. The molecule has 1 fully saturated rings. The Morgan fingerprint density at radius 3 is 2.64 bits per heavy atom. The highest BCUT2D eigenvalue weighted by Crippen LogP contribution is 2.19. The minimum Gasteiger partial charge on any atom is -0.392 e. The molecule has 0 aliphatic carbocycles. The lowest BCUT2D eigenvalue weighted by Crippen LogP contribution is -2.40. The quantitative estimate of drug-likeness (QED) is 0.813. The molecule has 1 saturated heterocycles. The normalized spacial score (nSPS) is 17.9. The van der Waals surface area contributed by atoms with Crippen molar-refractivity contribution in [2.45, 2.75) is 32.4 Å². The van der Waals surface area contributed by atoms with E-state index in [9.17, 15) is 5.11 Å². The summed E-state index contributed by atoms with van der Waals surface area (Å²) in [6.45, 7) is 6.57. The Bertz CT molecular complexity index is 636. The third-order valence-electron chi connectivity index (χ3n) is 4.75. The predicted molar refractivity (Wildman–Crippen MR) is 96.3 cm³/mol. The van der Waals surface area contributed by atoms with Gasteiger partial charge in [0.15, 0.2) is 5.82 Å². The van der Waals surface area contributed by atoms with Crippen molar-refractivity contribution in [1.82, 2.24) is 30.0 Å². The predicted octanol–water partition coefficient (Wildman–Crippen LogP) is 1.19. The van der Waals surface area contributed by atoms with E-state index < -0.39 is 0 Å². The number of likely N-dealkylation sites (tertiary alicyclic amines) is 1. The van der Waals surface area contributed by atoms with Crippen molar-refractivity contribution < 1.29 is 5.11 Å². The van der Waals surface area contributed by atoms with Crippen molar-refractivity contribution in [1.29, 1.82) is 0 Å². The second-order valence-electron chi connectivity index (χ2n) is 7.13. The first-order chi connectivity index (χ1) is 12.1. The van der Waals surface area contributed by atoms with Gasteiger partial charge < -0.3 is 10.0 Å². The Morgan fingerprint density at radius 2 is 1.96 bits per heavy atom. The van der Waals surface area contributed by atoms with Crippen molar-refractivity contribution >= 4 is 0 Å². The molecule has 0 radical (unpaired) electrons. The molecule has 1 aromatic heterocycles. The molecule has 1 atom stereocenters. The van der Waals surface area contributed by atoms with Gasteiger partial charge in [-0.1, -0.05) is 18.2 Å². The number of piperidine rings is 1. The largest absolute Gasteiger partial charge is 0.392 e. The summed E-state index contributed by atoms with van der Waals surface area (Å²) < 4.78 is 1.81. The van der Waals surface area contributed by atoms with Gasteiger partial charge in [-0.05, 0) is 68.4 Å². The van der Waals surface area contributed by atoms with Crippen molar-refractivity contribution in [3.05, 3.63) is 36.2 Å². The lowest BCUT2D eigenvalue weighted by Gasteiger charge is -2.34. The first-order valence-electron chi connectivity index (χ1n) is 9.03. The molecule has 2 heterocycles. The number of β-amino-alcohol motifs (C(OH)–C–C–N with tert-alkyl or cyclic N) is 1. The summed E-state index contributed by atoms with van der Waals surface area (Å²) in [7, 11) is 2.13. The van der Waals surface area contributed by atoms with Crippen LogP contribution >= 0.6 is 0 Å². The van der Waals surface area contributed by atoms with Crippen molar-refractivity contribution in [2.75, 3.05) is 33.2 Å². The van der Waals surface area contributed by atoms with Gasteiger partial charge in [0, 0.05) is 13.1 Å². The molecule has 0 amide bonds. The number of hydrogen-bond acceptors (Lipinski definition) is 6. The summed E-state index contributed by atoms with van der Waals surface area (Å²) in [6.07, 6.45) is 2.12. The lowest BCUT2D eigenvalue weighted by atomic mass is 9.96. The van der Waals surface area contributed by atoms with Gasteiger partial charge in [0.05, 0.1) is 18.3 Å². The van der Waals surface area contributed by atoms with Crippen LogP contribution in [0.4, 0.5) is 0 Å². The van der Waals surface area contributed by atoms with Gasteiger partial charge in [0.25, 0.3) is 0 Å². The van der Waals surface area contributed by atoms with Crippen LogP contribution < -0.4 is 0 Å². The molecular weight excluding hydrogens is 316 g/mol. The molecule has 7 nitrogen and oxygen atoms in total. The molecule has 0 bridgehead atoms. The van der Waals surface area contributed by atoms with Gasteiger partial charge in [-0.15, -0.1) is 5.10 Å². The average Bonchev–Trinajstić information content (AvgIpc) is 3.05. The molecule has 1 aromatic carbocycles. The molecule has 1 aliphatic rings. The maximum Gasteiger partial charge on any atom is 0.170 e. The van der Waals surface area contributed by atoms with Crippen LogP contribution in [-0.2, 0) is 6.54 Å². The minimum absolute atomic E-state index is 0.240. The van der Waals surface area contributed by atoms with Crippen LogP contribution in [0.3, 0.4) is 0 Å². The van der Waals surface area contributed by atoms with Crippen LogP contribution in [0, 0.1) is 5.92 Å². The number of tetrazole rings is 1. The summed E-state index contributed by atoms with van der Waals surface area (Å²) in [5, 5.41) is 21.7. The molecule has 0 unspecified atom stereocenters. The van der Waals surface area contributed by atoms with E-state index >= 15 is 0 Å². The summed E-state index contributed by atoms with van der Waals surface area (Å²) in [4.78, 5) is 4.66. The first-order valence-corrected chi connectivity index (χ1v) is 9.03. The number of aliphatic hydroxyl groups excluding tert-OH is 1. The number of aliphatic hydroxyl groups is 1. The SMILES string of the molecule is C[C@H](O)CN1CCC(CN(C)Cc2nnnn2-c2ccccc2)CC1. The van der Waals surface area contributed by atoms with E-state index in [-0.39, 0.29) is 6.10 Å². The zero-order valence-corrected chi connectivity index (χ0v) is 15.1. The van der Waals surface area contributed by atoms with E-state index in [0.717, 1.165) is 44.2 Å². The van der Waals surface area contributed by atoms with E-state index in [1.165, 1.54) is 12.8 Å². The Balaban J connectivity index is 1.51. The van der Waals surface area contributed by atoms with Gasteiger partial charge in [-0.2, -0.15) is 4.68 Å². The molecule has 136 valence electrons. The van der Waals surface area contributed by atoms with Crippen LogP contribution in [-0.4, -0.2) is 74.4 Å². The standard InChI is InChI=1S/C18H28N6O/c1-15(25)12-23-10-8-16(9-11-23)13-22(2)14-18-19-20-21-24(18)17-6-4-3-5-7-17/h3-7,15-16,25H,8-14H2,1-2H3/t15-/m0/s1. The third kappa shape index (κ3) is 5.07. The molecule has 7 heteroatoms. The molecular formula is C18H28N6O. The number of rotatable bonds is 7. The lowest BCUT2D eigenvalue weighted by molar-refractivity contribution is 0.0916. The number of nitrogens with zero attached hydrogens (tertiary/aromatic N) is 6. The smallest absolute Gasteiger partial charge is 0.170 e. The molecule has 3 rings (SSSR count). The van der Waals surface area contributed by atoms with Crippen LogP contribution in [0.1, 0.15) is 25.6 Å². The molecule has 0 spiro atoms. The minimum atomic E-state index is -0.240. The van der Waals surface area contributed by atoms with Gasteiger partial charge in [0.1, 0.15) is 0 Å². The van der Waals surface area contributed by atoms with Crippen molar-refractivity contribution in [3.8, 4) is 5.69 Å². The highest BCUT2D eigenvalue weighted by Gasteiger charge is 2.22. The zero-order chi connectivity index (χ0) is 17.6. The Labute approximate surface area is 149 Å². The monoisotopic (exact) mass is 344 g/mol. The van der Waals surface area contributed by atoms with Gasteiger partial charge in [0.2, 0.25) is 0 Å². The summed E-state index contributed by atoms with van der Waals surface area (Å²) in [5.74, 6) is 1.55. The van der Waals surface area contributed by atoms with E-state index in [0.29, 0.717) is 5.92 Å². The number of aromatic nitrogens is 4. The van der Waals surface area contributed by atoms with Crippen LogP contribution in [0.15, 0.2) is 30.3 Å². The van der Waals surface area contributed by atoms with Crippen LogP contribution in [0.25, 0.3) is 5.69 Å². The second-order valence-corrected chi connectivity index (χ2v) is 7.13. The average molecular weight is 344 g/mol. The summed E-state index contributed by atoms with van der Waals surface area (Å²) in [6, 6.07) is 10.00. The first kappa shape index (κ1) is 18.0. The van der Waals surface area contributed by atoms with E-state index in [2.05, 4.69) is 32.4 Å². The second kappa shape index (κ2) is 8.51.